The minimum absolute atomic E-state index is 0.0357. The highest BCUT2D eigenvalue weighted by Gasteiger charge is 2.23. The minimum Gasteiger partial charge on any atom is -0.480 e. The summed E-state index contributed by atoms with van der Waals surface area (Å²) in [5.41, 5.74) is 0. The van der Waals surface area contributed by atoms with Crippen LogP contribution in [0, 0.1) is 5.92 Å². The summed E-state index contributed by atoms with van der Waals surface area (Å²) in [5.74, 6) is -1.31. The Labute approximate surface area is 72.0 Å². The molecule has 0 aliphatic rings. The molecule has 0 aromatic heterocycles. The Kier molecular flexibility index (Phi) is 4.33. The lowest BCUT2D eigenvalue weighted by molar-refractivity contribution is -0.143. The third-order valence-electron chi connectivity index (χ3n) is 1.84. The maximum absolute atomic E-state index is 10.6. The predicted molar refractivity (Wildman–Crippen MR) is 44.7 cm³/mol. The molecule has 0 radical (unpaired) electrons. The Morgan fingerprint density at radius 1 is 1.50 bits per heavy atom. The van der Waals surface area contributed by atoms with Crippen LogP contribution in [-0.2, 0) is 9.59 Å². The van der Waals surface area contributed by atoms with Gasteiger partial charge in [0.1, 0.15) is 6.04 Å². The van der Waals surface area contributed by atoms with Gasteiger partial charge in [-0.1, -0.05) is 20.3 Å². The van der Waals surface area contributed by atoms with Crippen LogP contribution in [0.4, 0.5) is 0 Å². The van der Waals surface area contributed by atoms with Gasteiger partial charge in [-0.25, -0.2) is 4.79 Å². The van der Waals surface area contributed by atoms with Gasteiger partial charge in [0.15, 0.2) is 0 Å². The number of carbonyl (C=O) groups is 2. The van der Waals surface area contributed by atoms with Crippen LogP contribution >= 0.6 is 0 Å². The predicted octanol–water partition coefficient (Wildman–Crippen LogP) is 0.622. The number of hydrogen-bond donors (Lipinski definition) is 2. The quantitative estimate of drug-likeness (QED) is 0.655. The Hall–Kier alpha value is -1.06. The van der Waals surface area contributed by atoms with Crippen LogP contribution in [-0.4, -0.2) is 23.0 Å². The molecule has 0 aromatic carbocycles. The second kappa shape index (κ2) is 4.74. The van der Waals surface area contributed by atoms with E-state index < -0.39 is 12.0 Å². The second-order valence-corrected chi connectivity index (χ2v) is 2.90. The number of aliphatic carboxylic acids is 1. The summed E-state index contributed by atoms with van der Waals surface area (Å²) in [6, 6.07) is -0.757. The zero-order chi connectivity index (χ0) is 9.72. The van der Waals surface area contributed by atoms with Gasteiger partial charge < -0.3 is 10.4 Å². The Bertz CT molecular complexity index is 179. The Balaban J connectivity index is 4.22. The Morgan fingerprint density at radius 3 is 2.25 bits per heavy atom. The van der Waals surface area contributed by atoms with Crippen molar-refractivity contribution in [2.75, 3.05) is 0 Å². The Morgan fingerprint density at radius 2 is 2.00 bits per heavy atom. The highest BCUT2D eigenvalue weighted by Crippen LogP contribution is 2.07. The van der Waals surface area contributed by atoms with Crippen LogP contribution in [0.5, 0.6) is 0 Å². The zero-order valence-corrected chi connectivity index (χ0v) is 7.63. The standard InChI is InChI=1S/C8H15NO3/c1-4-5(2)7(8(11)12)9-6(3)10/h5,7H,4H2,1-3H3,(H,9,10)(H,11,12)/t5-,7?/m0/s1. The molecule has 1 amide bonds. The van der Waals surface area contributed by atoms with Crippen molar-refractivity contribution in [3.05, 3.63) is 0 Å². The van der Waals surface area contributed by atoms with E-state index in [0.717, 1.165) is 6.42 Å². The van der Waals surface area contributed by atoms with Gasteiger partial charge in [-0.3, -0.25) is 4.79 Å². The van der Waals surface area contributed by atoms with Gasteiger partial charge in [-0.05, 0) is 5.92 Å². The van der Waals surface area contributed by atoms with E-state index in [4.69, 9.17) is 5.11 Å². The lowest BCUT2D eigenvalue weighted by Crippen LogP contribution is -2.43. The fourth-order valence-corrected chi connectivity index (χ4v) is 0.902. The van der Waals surface area contributed by atoms with E-state index >= 15 is 0 Å². The summed E-state index contributed by atoms with van der Waals surface area (Å²) in [7, 11) is 0. The fraction of sp³-hybridized carbons (Fsp3) is 0.750. The van der Waals surface area contributed by atoms with Crippen LogP contribution in [0.25, 0.3) is 0 Å². The summed E-state index contributed by atoms with van der Waals surface area (Å²) in [6.45, 7) is 5.01. The first-order valence-electron chi connectivity index (χ1n) is 3.99. The first kappa shape index (κ1) is 10.9. The molecule has 2 N–H and O–H groups in total. The SMILES string of the molecule is CC[C@H](C)C(NC(C)=O)C(=O)O. The first-order valence-corrected chi connectivity index (χ1v) is 3.99. The zero-order valence-electron chi connectivity index (χ0n) is 7.63. The minimum atomic E-state index is -0.973. The van der Waals surface area contributed by atoms with E-state index in [-0.39, 0.29) is 11.8 Å². The molecule has 0 fully saturated rings. The van der Waals surface area contributed by atoms with E-state index in [0.29, 0.717) is 0 Å². The molecule has 12 heavy (non-hydrogen) atoms. The number of nitrogens with one attached hydrogen (secondary N) is 1. The molecular weight excluding hydrogens is 158 g/mol. The summed E-state index contributed by atoms with van der Waals surface area (Å²) >= 11 is 0. The average molecular weight is 173 g/mol. The van der Waals surface area contributed by atoms with Crippen molar-refractivity contribution >= 4 is 11.9 Å². The first-order chi connectivity index (χ1) is 5.49. The van der Waals surface area contributed by atoms with Crippen molar-refractivity contribution in [2.24, 2.45) is 5.92 Å². The third-order valence-corrected chi connectivity index (χ3v) is 1.84. The number of amides is 1. The van der Waals surface area contributed by atoms with Crippen LogP contribution in [0.15, 0.2) is 0 Å². The second-order valence-electron chi connectivity index (χ2n) is 2.90. The van der Waals surface area contributed by atoms with Crippen LogP contribution in [0.2, 0.25) is 0 Å². The molecule has 0 heterocycles. The van der Waals surface area contributed by atoms with Crippen LogP contribution < -0.4 is 5.32 Å². The fourth-order valence-electron chi connectivity index (χ4n) is 0.902. The largest absolute Gasteiger partial charge is 0.480 e. The van der Waals surface area contributed by atoms with E-state index in [9.17, 15) is 9.59 Å². The van der Waals surface area contributed by atoms with Crippen LogP contribution in [0.1, 0.15) is 27.2 Å². The highest BCUT2D eigenvalue weighted by molar-refractivity contribution is 5.82. The van der Waals surface area contributed by atoms with Gasteiger partial charge in [0, 0.05) is 6.92 Å². The number of carboxylic acid groups (broad SMARTS) is 1. The van der Waals surface area contributed by atoms with Crippen molar-refractivity contribution in [3.63, 3.8) is 0 Å². The van der Waals surface area contributed by atoms with Gasteiger partial charge >= 0.3 is 5.97 Å². The lowest BCUT2D eigenvalue weighted by Gasteiger charge is -2.18. The molecule has 1 unspecified atom stereocenters. The van der Waals surface area contributed by atoms with Crippen molar-refractivity contribution in [1.29, 1.82) is 0 Å². The van der Waals surface area contributed by atoms with Gasteiger partial charge in [0.05, 0.1) is 0 Å². The monoisotopic (exact) mass is 173 g/mol. The smallest absolute Gasteiger partial charge is 0.326 e. The van der Waals surface area contributed by atoms with Crippen molar-refractivity contribution in [3.8, 4) is 0 Å². The van der Waals surface area contributed by atoms with Crippen molar-refractivity contribution < 1.29 is 14.7 Å². The van der Waals surface area contributed by atoms with E-state index in [1.807, 2.05) is 6.92 Å². The molecule has 2 atom stereocenters. The van der Waals surface area contributed by atoms with Gasteiger partial charge in [0.2, 0.25) is 5.91 Å². The van der Waals surface area contributed by atoms with E-state index in [1.54, 1.807) is 6.92 Å². The summed E-state index contributed by atoms with van der Waals surface area (Å²) in [6.07, 6.45) is 0.733. The molecule has 0 aromatic rings. The van der Waals surface area contributed by atoms with Crippen molar-refractivity contribution in [1.82, 2.24) is 5.32 Å². The molecule has 0 bridgehead atoms. The third kappa shape index (κ3) is 3.37. The topological polar surface area (TPSA) is 66.4 Å². The van der Waals surface area contributed by atoms with Gasteiger partial charge in [0.25, 0.3) is 0 Å². The molecule has 0 saturated carbocycles. The maximum Gasteiger partial charge on any atom is 0.326 e. The highest BCUT2D eigenvalue weighted by atomic mass is 16.4. The number of rotatable bonds is 4. The molecule has 4 nitrogen and oxygen atoms in total. The van der Waals surface area contributed by atoms with E-state index in [1.165, 1.54) is 6.92 Å². The maximum atomic E-state index is 10.6. The van der Waals surface area contributed by atoms with Gasteiger partial charge in [-0.2, -0.15) is 0 Å². The molecule has 70 valence electrons. The summed E-state index contributed by atoms with van der Waals surface area (Å²) in [5, 5.41) is 11.1. The molecule has 4 heteroatoms. The molecule has 0 spiro atoms. The summed E-state index contributed by atoms with van der Waals surface area (Å²) in [4.78, 5) is 21.2. The van der Waals surface area contributed by atoms with Crippen LogP contribution in [0.3, 0.4) is 0 Å². The summed E-state index contributed by atoms with van der Waals surface area (Å²) < 4.78 is 0. The normalized spacial score (nSPS) is 14.9. The molecule has 0 rings (SSSR count). The average Bonchev–Trinajstić information content (AvgIpc) is 1.98. The molecule has 0 aliphatic carbocycles. The number of carboxylic acids is 1. The molecular formula is C8H15NO3. The number of carbonyl (C=O) groups excluding carboxylic acids is 1. The number of hydrogen-bond acceptors (Lipinski definition) is 2. The van der Waals surface area contributed by atoms with Crippen molar-refractivity contribution in [2.45, 2.75) is 33.2 Å². The van der Waals surface area contributed by atoms with Gasteiger partial charge in [-0.15, -0.1) is 0 Å². The molecule has 0 saturated heterocycles. The lowest BCUT2D eigenvalue weighted by atomic mass is 9.99. The van der Waals surface area contributed by atoms with E-state index in [2.05, 4.69) is 5.32 Å². The molecule has 0 aliphatic heterocycles.